The van der Waals surface area contributed by atoms with Gasteiger partial charge in [-0.25, -0.2) is 0 Å². The van der Waals surface area contributed by atoms with Crippen LogP contribution in [0.2, 0.25) is 0 Å². The van der Waals surface area contributed by atoms with Gasteiger partial charge in [0.1, 0.15) is 0 Å². The summed E-state index contributed by atoms with van der Waals surface area (Å²) in [5, 5.41) is 9.83. The molecule has 1 aromatic heterocycles. The lowest BCUT2D eigenvalue weighted by Crippen LogP contribution is -2.44. The molecule has 0 spiro atoms. The molecule has 142 valence electrons. The number of hydrogen-bond donors (Lipinski definition) is 2. The van der Waals surface area contributed by atoms with E-state index in [-0.39, 0.29) is 12.1 Å². The van der Waals surface area contributed by atoms with Crippen molar-refractivity contribution in [2.45, 2.75) is 64.2 Å². The van der Waals surface area contributed by atoms with Crippen molar-refractivity contribution in [3.63, 3.8) is 0 Å². The first-order chi connectivity index (χ1) is 11.8. The largest absolute Gasteiger partial charge is 0.435 e. The van der Waals surface area contributed by atoms with E-state index >= 15 is 0 Å². The van der Waals surface area contributed by atoms with Crippen LogP contribution in [0.3, 0.4) is 0 Å². The van der Waals surface area contributed by atoms with Crippen LogP contribution in [0.15, 0.2) is 11.2 Å². The van der Waals surface area contributed by atoms with Crippen LogP contribution in [-0.4, -0.2) is 28.8 Å². The molecule has 1 heterocycles. The number of halogens is 3. The van der Waals surface area contributed by atoms with Crippen LogP contribution < -0.4 is 10.6 Å². The van der Waals surface area contributed by atoms with Gasteiger partial charge in [-0.2, -0.15) is 18.3 Å². The molecule has 1 fully saturated rings. The maximum atomic E-state index is 13.0. The minimum atomic E-state index is -4.45. The predicted octanol–water partition coefficient (Wildman–Crippen LogP) is 3.46. The normalized spacial score (nSPS) is 22.1. The van der Waals surface area contributed by atoms with E-state index in [0.29, 0.717) is 12.0 Å². The average Bonchev–Trinajstić information content (AvgIpc) is 2.94. The van der Waals surface area contributed by atoms with E-state index in [4.69, 9.17) is 0 Å². The number of aromatic nitrogens is 2. The monoisotopic (exact) mass is 359 g/mol. The molecular formula is C17H28F3N5. The molecule has 8 heteroatoms. The average molecular weight is 359 g/mol. The highest BCUT2D eigenvalue weighted by molar-refractivity contribution is 5.79. The lowest BCUT2D eigenvalue weighted by Gasteiger charge is -2.30. The first kappa shape index (κ1) is 19.6. The van der Waals surface area contributed by atoms with E-state index in [2.05, 4.69) is 27.6 Å². The molecule has 2 N–H and O–H groups in total. The van der Waals surface area contributed by atoms with Crippen LogP contribution in [0.1, 0.15) is 56.7 Å². The van der Waals surface area contributed by atoms with E-state index in [0.717, 1.165) is 18.8 Å². The molecule has 0 unspecified atom stereocenters. The fraction of sp³-hybridized carbons (Fsp3) is 0.765. The first-order valence-electron chi connectivity index (χ1n) is 8.90. The van der Waals surface area contributed by atoms with Crippen LogP contribution in [0.4, 0.5) is 13.2 Å². The molecule has 0 amide bonds. The van der Waals surface area contributed by atoms with E-state index < -0.39 is 11.9 Å². The van der Waals surface area contributed by atoms with Gasteiger partial charge in [-0.15, -0.1) is 0 Å². The third-order valence-corrected chi connectivity index (χ3v) is 4.73. The Balaban J connectivity index is 1.88. The summed E-state index contributed by atoms with van der Waals surface area (Å²) in [6.45, 7) is 2.25. The number of alkyl halides is 3. The van der Waals surface area contributed by atoms with Crippen molar-refractivity contribution in [1.82, 2.24) is 20.4 Å². The van der Waals surface area contributed by atoms with Gasteiger partial charge in [-0.05, 0) is 31.6 Å². The summed E-state index contributed by atoms with van der Waals surface area (Å²) in [6, 6.07) is 0.329. The number of guanidine groups is 1. The maximum Gasteiger partial charge on any atom is 0.435 e. The quantitative estimate of drug-likeness (QED) is 0.625. The minimum absolute atomic E-state index is 0.0353. The van der Waals surface area contributed by atoms with E-state index in [9.17, 15) is 13.2 Å². The molecule has 2 rings (SSSR count). The highest BCUT2D eigenvalue weighted by Gasteiger charge is 2.36. The first-order valence-corrected chi connectivity index (χ1v) is 8.90. The van der Waals surface area contributed by atoms with Gasteiger partial charge in [0.2, 0.25) is 0 Å². The minimum Gasteiger partial charge on any atom is -0.354 e. The van der Waals surface area contributed by atoms with E-state index in [1.807, 2.05) is 0 Å². The molecule has 0 aromatic carbocycles. The van der Waals surface area contributed by atoms with Crippen molar-refractivity contribution in [2.24, 2.45) is 18.0 Å². The Kier molecular flexibility index (Phi) is 6.72. The second-order valence-electron chi connectivity index (χ2n) is 6.75. The summed E-state index contributed by atoms with van der Waals surface area (Å²) in [4.78, 5) is 4.14. The number of nitrogens with zero attached hydrogens (tertiary/aromatic N) is 3. The Morgan fingerprint density at radius 3 is 2.56 bits per heavy atom. The molecule has 1 aromatic rings. The number of aryl methyl sites for hydroxylation is 1. The summed E-state index contributed by atoms with van der Waals surface area (Å²) in [5.74, 6) is 1.35. The summed E-state index contributed by atoms with van der Waals surface area (Å²) >= 11 is 0. The van der Waals surface area contributed by atoms with Crippen molar-refractivity contribution in [3.05, 3.63) is 17.5 Å². The molecule has 0 atom stereocenters. The zero-order valence-corrected chi connectivity index (χ0v) is 15.2. The zero-order chi connectivity index (χ0) is 18.4. The molecule has 1 saturated carbocycles. The van der Waals surface area contributed by atoms with Gasteiger partial charge in [0.15, 0.2) is 11.7 Å². The summed E-state index contributed by atoms with van der Waals surface area (Å²) < 4.78 is 40.2. The molecule has 0 radical (unpaired) electrons. The topological polar surface area (TPSA) is 54.2 Å². The van der Waals surface area contributed by atoms with Crippen LogP contribution >= 0.6 is 0 Å². The summed E-state index contributed by atoms with van der Waals surface area (Å²) in [7, 11) is 3.12. The standard InChI is InChI=1S/C17H28F3N5/c1-4-5-12-6-8-14(9-7-12)23-16(21-2)22-10-13-11-25(3)24-15(13)17(18,19)20/h11-12,14H,4-10H2,1-3H3,(H2,21,22,23). The lowest BCUT2D eigenvalue weighted by atomic mass is 9.83. The van der Waals surface area contributed by atoms with E-state index in [1.165, 1.54) is 43.6 Å². The van der Waals surface area contributed by atoms with Crippen molar-refractivity contribution < 1.29 is 13.2 Å². The number of nitrogens with one attached hydrogen (secondary N) is 2. The molecule has 5 nitrogen and oxygen atoms in total. The van der Waals surface area contributed by atoms with Crippen LogP contribution in [0.5, 0.6) is 0 Å². The Bertz CT molecular complexity index is 571. The highest BCUT2D eigenvalue weighted by atomic mass is 19.4. The van der Waals surface area contributed by atoms with Gasteiger partial charge >= 0.3 is 6.18 Å². The number of aliphatic imine (C=N–C) groups is 1. The fourth-order valence-electron chi connectivity index (χ4n) is 3.48. The fourth-order valence-corrected chi connectivity index (χ4v) is 3.48. The molecular weight excluding hydrogens is 331 g/mol. The molecule has 1 aliphatic rings. The van der Waals surface area contributed by atoms with Gasteiger partial charge in [0.05, 0.1) is 0 Å². The van der Waals surface area contributed by atoms with Crippen molar-refractivity contribution in [3.8, 4) is 0 Å². The Morgan fingerprint density at radius 2 is 2.00 bits per heavy atom. The van der Waals surface area contributed by atoms with Crippen molar-refractivity contribution in [1.29, 1.82) is 0 Å². The lowest BCUT2D eigenvalue weighted by molar-refractivity contribution is -0.142. The molecule has 0 saturated heterocycles. The Hall–Kier alpha value is -1.73. The second kappa shape index (κ2) is 8.58. The van der Waals surface area contributed by atoms with E-state index in [1.54, 1.807) is 7.05 Å². The molecule has 0 bridgehead atoms. The van der Waals surface area contributed by atoms with Crippen LogP contribution in [-0.2, 0) is 19.8 Å². The Morgan fingerprint density at radius 1 is 1.32 bits per heavy atom. The summed E-state index contributed by atoms with van der Waals surface area (Å²) in [6.07, 6.45) is 3.98. The van der Waals surface area contributed by atoms with Crippen molar-refractivity contribution in [2.75, 3.05) is 7.05 Å². The van der Waals surface area contributed by atoms with Crippen molar-refractivity contribution >= 4 is 5.96 Å². The molecule has 0 aliphatic heterocycles. The van der Waals surface area contributed by atoms with Gasteiger partial charge < -0.3 is 10.6 Å². The van der Waals surface area contributed by atoms with Crippen LogP contribution in [0.25, 0.3) is 0 Å². The highest BCUT2D eigenvalue weighted by Crippen LogP contribution is 2.30. The van der Waals surface area contributed by atoms with Gasteiger partial charge in [-0.3, -0.25) is 9.67 Å². The zero-order valence-electron chi connectivity index (χ0n) is 15.2. The van der Waals surface area contributed by atoms with Gasteiger partial charge in [0.25, 0.3) is 0 Å². The smallest absolute Gasteiger partial charge is 0.354 e. The van der Waals surface area contributed by atoms with Gasteiger partial charge in [0, 0.05) is 38.4 Å². The molecule has 1 aliphatic carbocycles. The third kappa shape index (κ3) is 5.64. The number of hydrogen-bond acceptors (Lipinski definition) is 2. The second-order valence-corrected chi connectivity index (χ2v) is 6.75. The number of rotatable bonds is 5. The van der Waals surface area contributed by atoms with Gasteiger partial charge in [-0.1, -0.05) is 19.8 Å². The third-order valence-electron chi connectivity index (χ3n) is 4.73. The SMILES string of the molecule is CCCC1CCC(NC(=NC)NCc2cn(C)nc2C(F)(F)F)CC1. The Labute approximate surface area is 147 Å². The maximum absolute atomic E-state index is 13.0. The van der Waals surface area contributed by atoms with Crippen LogP contribution in [0, 0.1) is 5.92 Å². The molecule has 25 heavy (non-hydrogen) atoms. The predicted molar refractivity (Wildman–Crippen MR) is 92.2 cm³/mol. The summed E-state index contributed by atoms with van der Waals surface area (Å²) in [5.41, 5.74) is -0.734.